The molecule has 1 rings (SSSR count). The van der Waals surface area contributed by atoms with Crippen molar-refractivity contribution in [1.29, 1.82) is 0 Å². The molecule has 0 aromatic rings. The number of hydrogen-bond acceptors (Lipinski definition) is 0. The lowest BCUT2D eigenvalue weighted by Crippen LogP contribution is -2.21. The van der Waals surface area contributed by atoms with Crippen LogP contribution in [0, 0.1) is 29.6 Å². The highest BCUT2D eigenvalue weighted by molar-refractivity contribution is 4.80. The second-order valence-electron chi connectivity index (χ2n) is 7.59. The first-order valence-electron chi connectivity index (χ1n) is 9.06. The summed E-state index contributed by atoms with van der Waals surface area (Å²) in [6.07, 6.45) is 13.1. The van der Waals surface area contributed by atoms with E-state index < -0.39 is 0 Å². The van der Waals surface area contributed by atoms with E-state index in [9.17, 15) is 0 Å². The van der Waals surface area contributed by atoms with Crippen LogP contribution < -0.4 is 0 Å². The lowest BCUT2D eigenvalue weighted by molar-refractivity contribution is 0.208. The van der Waals surface area contributed by atoms with Gasteiger partial charge in [0.25, 0.3) is 0 Å². The van der Waals surface area contributed by atoms with Crippen molar-refractivity contribution in [3.05, 3.63) is 0 Å². The molecule has 0 heteroatoms. The summed E-state index contributed by atoms with van der Waals surface area (Å²) in [5.74, 6) is 4.85. The number of unbranched alkanes of at least 4 members (excludes halogenated alkanes) is 1. The fraction of sp³-hybridized carbons (Fsp3) is 1.00. The highest BCUT2D eigenvalue weighted by atomic mass is 14.4. The van der Waals surface area contributed by atoms with Crippen molar-refractivity contribution in [3.63, 3.8) is 0 Å². The van der Waals surface area contributed by atoms with Crippen LogP contribution >= 0.6 is 0 Å². The van der Waals surface area contributed by atoms with Crippen molar-refractivity contribution in [2.45, 2.75) is 92.4 Å². The Balaban J connectivity index is 2.14. The summed E-state index contributed by atoms with van der Waals surface area (Å²) in [5, 5.41) is 0. The maximum Gasteiger partial charge on any atom is -0.0360 e. The Bertz CT molecular complexity index is 220. The average molecular weight is 267 g/mol. The quantitative estimate of drug-likeness (QED) is 0.408. The van der Waals surface area contributed by atoms with E-state index in [1.165, 1.54) is 57.8 Å². The number of hydrogen-bond donors (Lipinski definition) is 0. The second-order valence-corrected chi connectivity index (χ2v) is 7.59. The Morgan fingerprint density at radius 2 is 1.63 bits per heavy atom. The molecule has 5 atom stereocenters. The van der Waals surface area contributed by atoms with Crippen LogP contribution in [0.15, 0.2) is 0 Å². The summed E-state index contributed by atoms with van der Waals surface area (Å²) >= 11 is 0. The molecule has 19 heavy (non-hydrogen) atoms. The lowest BCUT2D eigenvalue weighted by atomic mass is 9.77. The molecule has 1 saturated carbocycles. The summed E-state index contributed by atoms with van der Waals surface area (Å²) in [6, 6.07) is 0. The zero-order valence-corrected chi connectivity index (χ0v) is 14.3. The Morgan fingerprint density at radius 1 is 0.947 bits per heavy atom. The first-order valence-corrected chi connectivity index (χ1v) is 9.06. The van der Waals surface area contributed by atoms with Crippen LogP contribution in [0.2, 0.25) is 0 Å². The largest absolute Gasteiger partial charge is 0.0654 e. The van der Waals surface area contributed by atoms with Crippen LogP contribution in [-0.4, -0.2) is 0 Å². The van der Waals surface area contributed by atoms with Gasteiger partial charge in [-0.3, -0.25) is 0 Å². The molecule has 0 amide bonds. The third kappa shape index (κ3) is 5.88. The van der Waals surface area contributed by atoms with Crippen molar-refractivity contribution >= 4 is 0 Å². The van der Waals surface area contributed by atoms with E-state index in [1.54, 1.807) is 0 Å². The molecule has 0 aromatic carbocycles. The second kappa shape index (κ2) is 9.03. The molecule has 0 nitrogen and oxygen atoms in total. The van der Waals surface area contributed by atoms with Gasteiger partial charge in [-0.15, -0.1) is 0 Å². The highest BCUT2D eigenvalue weighted by Gasteiger charge is 2.30. The summed E-state index contributed by atoms with van der Waals surface area (Å²) in [6.45, 7) is 12.2. The summed E-state index contributed by atoms with van der Waals surface area (Å²) in [4.78, 5) is 0. The number of rotatable bonds is 9. The zero-order chi connectivity index (χ0) is 14.3. The Labute approximate surface area is 122 Å². The van der Waals surface area contributed by atoms with Crippen LogP contribution in [0.25, 0.3) is 0 Å². The molecule has 0 aliphatic heterocycles. The maximum atomic E-state index is 2.52. The van der Waals surface area contributed by atoms with Gasteiger partial charge in [0.1, 0.15) is 0 Å². The van der Waals surface area contributed by atoms with Crippen LogP contribution in [0.3, 0.4) is 0 Å². The molecule has 0 bridgehead atoms. The van der Waals surface area contributed by atoms with Crippen LogP contribution in [-0.2, 0) is 0 Å². The Hall–Kier alpha value is 0. The topological polar surface area (TPSA) is 0 Å². The van der Waals surface area contributed by atoms with Gasteiger partial charge >= 0.3 is 0 Å². The van der Waals surface area contributed by atoms with E-state index in [0.717, 1.165) is 29.6 Å². The van der Waals surface area contributed by atoms with E-state index in [0.29, 0.717) is 0 Å². The van der Waals surface area contributed by atoms with Crippen molar-refractivity contribution in [1.82, 2.24) is 0 Å². The van der Waals surface area contributed by atoms with Crippen molar-refractivity contribution in [2.75, 3.05) is 0 Å². The smallest absolute Gasteiger partial charge is 0.0360 e. The average Bonchev–Trinajstić information content (AvgIpc) is 2.80. The lowest BCUT2D eigenvalue weighted by Gasteiger charge is -2.29. The molecule has 0 saturated heterocycles. The van der Waals surface area contributed by atoms with Crippen LogP contribution in [0.1, 0.15) is 92.4 Å². The third-order valence-corrected chi connectivity index (χ3v) is 5.89. The van der Waals surface area contributed by atoms with Crippen LogP contribution in [0.4, 0.5) is 0 Å². The fourth-order valence-electron chi connectivity index (χ4n) is 4.24. The minimum Gasteiger partial charge on any atom is -0.0654 e. The van der Waals surface area contributed by atoms with Crippen LogP contribution in [0.5, 0.6) is 0 Å². The zero-order valence-electron chi connectivity index (χ0n) is 14.3. The van der Waals surface area contributed by atoms with Gasteiger partial charge in [-0.05, 0) is 36.0 Å². The van der Waals surface area contributed by atoms with E-state index in [-0.39, 0.29) is 0 Å². The van der Waals surface area contributed by atoms with Gasteiger partial charge in [-0.25, -0.2) is 0 Å². The Morgan fingerprint density at radius 3 is 2.21 bits per heavy atom. The predicted molar refractivity (Wildman–Crippen MR) is 87.4 cm³/mol. The summed E-state index contributed by atoms with van der Waals surface area (Å²) in [7, 11) is 0. The molecule has 5 unspecified atom stereocenters. The molecule has 0 heterocycles. The monoisotopic (exact) mass is 266 g/mol. The SMILES string of the molecule is CCCC(C)CCCCC(C)C(C)C1CCCC1C. The van der Waals surface area contributed by atoms with Gasteiger partial charge in [0, 0.05) is 0 Å². The van der Waals surface area contributed by atoms with Gasteiger partial charge in [-0.1, -0.05) is 86.0 Å². The summed E-state index contributed by atoms with van der Waals surface area (Å²) < 4.78 is 0. The first kappa shape index (κ1) is 17.1. The van der Waals surface area contributed by atoms with E-state index in [1.807, 2.05) is 0 Å². The highest BCUT2D eigenvalue weighted by Crippen LogP contribution is 2.40. The Kier molecular flexibility index (Phi) is 8.11. The predicted octanol–water partition coefficient (Wildman–Crippen LogP) is 6.69. The molecule has 1 fully saturated rings. The van der Waals surface area contributed by atoms with Crippen molar-refractivity contribution in [3.8, 4) is 0 Å². The summed E-state index contributed by atoms with van der Waals surface area (Å²) in [5.41, 5.74) is 0. The maximum absolute atomic E-state index is 2.52. The third-order valence-electron chi connectivity index (χ3n) is 5.89. The molecule has 0 radical (unpaired) electrons. The molecule has 0 spiro atoms. The fourth-order valence-corrected chi connectivity index (χ4v) is 4.24. The minimum absolute atomic E-state index is 0.937. The normalized spacial score (nSPS) is 28.3. The van der Waals surface area contributed by atoms with Gasteiger partial charge < -0.3 is 0 Å². The standard InChI is InChI=1S/C19H38/c1-6-10-15(2)11-7-8-12-16(3)18(5)19-14-9-13-17(19)4/h15-19H,6-14H2,1-5H3. The van der Waals surface area contributed by atoms with E-state index >= 15 is 0 Å². The molecular weight excluding hydrogens is 228 g/mol. The first-order chi connectivity index (χ1) is 9.06. The van der Waals surface area contributed by atoms with Crippen molar-refractivity contribution in [2.24, 2.45) is 29.6 Å². The van der Waals surface area contributed by atoms with Gasteiger partial charge in [0.05, 0.1) is 0 Å². The van der Waals surface area contributed by atoms with E-state index in [4.69, 9.17) is 0 Å². The molecular formula is C19H38. The van der Waals surface area contributed by atoms with E-state index in [2.05, 4.69) is 34.6 Å². The minimum atomic E-state index is 0.937. The molecule has 0 aromatic heterocycles. The molecule has 1 aliphatic carbocycles. The molecule has 1 aliphatic rings. The van der Waals surface area contributed by atoms with Crippen molar-refractivity contribution < 1.29 is 0 Å². The van der Waals surface area contributed by atoms with Gasteiger partial charge in [0.2, 0.25) is 0 Å². The molecule has 114 valence electrons. The van der Waals surface area contributed by atoms with Gasteiger partial charge in [0.15, 0.2) is 0 Å². The molecule has 0 N–H and O–H groups in total. The van der Waals surface area contributed by atoms with Gasteiger partial charge in [-0.2, -0.15) is 0 Å².